The SMILES string of the molecule is Cc1c(OCC(C)C)ccc2cc(OCCCCCBr)ccc12. The van der Waals surface area contributed by atoms with Crippen LogP contribution >= 0.6 is 15.9 Å². The second-order valence-electron chi connectivity index (χ2n) is 6.37. The van der Waals surface area contributed by atoms with E-state index in [-0.39, 0.29) is 0 Å². The van der Waals surface area contributed by atoms with E-state index in [9.17, 15) is 0 Å². The molecule has 0 aliphatic heterocycles. The number of ether oxygens (including phenoxy) is 2. The van der Waals surface area contributed by atoms with E-state index in [1.165, 1.54) is 29.2 Å². The third-order valence-corrected chi connectivity index (χ3v) is 4.39. The maximum absolute atomic E-state index is 5.90. The Hall–Kier alpha value is -1.22. The van der Waals surface area contributed by atoms with Crippen LogP contribution in [0, 0.1) is 12.8 Å². The summed E-state index contributed by atoms with van der Waals surface area (Å²) in [6.07, 6.45) is 3.51. The van der Waals surface area contributed by atoms with Gasteiger partial charge in [0.05, 0.1) is 13.2 Å². The summed E-state index contributed by atoms with van der Waals surface area (Å²) in [5.74, 6) is 2.46. The van der Waals surface area contributed by atoms with Gasteiger partial charge in [-0.1, -0.05) is 41.9 Å². The number of unbranched alkanes of at least 4 members (excludes halogenated alkanes) is 2. The van der Waals surface area contributed by atoms with Crippen LogP contribution in [-0.2, 0) is 0 Å². The molecule has 2 aromatic rings. The van der Waals surface area contributed by atoms with Crippen molar-refractivity contribution in [3.8, 4) is 11.5 Å². The largest absolute Gasteiger partial charge is 0.494 e. The minimum atomic E-state index is 0.533. The lowest BCUT2D eigenvalue weighted by Crippen LogP contribution is -2.05. The normalized spacial score (nSPS) is 11.2. The van der Waals surface area contributed by atoms with E-state index < -0.39 is 0 Å². The highest BCUT2D eigenvalue weighted by atomic mass is 79.9. The molecule has 0 aliphatic rings. The van der Waals surface area contributed by atoms with Crippen LogP contribution in [0.25, 0.3) is 10.8 Å². The molecule has 0 aromatic heterocycles. The molecule has 3 heteroatoms. The maximum atomic E-state index is 5.90. The molecule has 0 N–H and O–H groups in total. The number of fused-ring (bicyclic) bond motifs is 1. The van der Waals surface area contributed by atoms with Gasteiger partial charge < -0.3 is 9.47 Å². The Bertz CT molecular complexity index is 622. The van der Waals surface area contributed by atoms with Gasteiger partial charge in [0.25, 0.3) is 0 Å². The van der Waals surface area contributed by atoms with Crippen molar-refractivity contribution in [3.05, 3.63) is 35.9 Å². The van der Waals surface area contributed by atoms with Crippen LogP contribution in [0.1, 0.15) is 38.7 Å². The minimum absolute atomic E-state index is 0.533. The molecule has 0 fully saturated rings. The highest BCUT2D eigenvalue weighted by Gasteiger charge is 2.07. The average molecular weight is 379 g/mol. The Morgan fingerprint density at radius 3 is 2.57 bits per heavy atom. The Kier molecular flexibility index (Phi) is 7.22. The number of benzene rings is 2. The molecule has 2 aromatic carbocycles. The summed E-state index contributed by atoms with van der Waals surface area (Å²) in [5, 5.41) is 3.51. The first-order chi connectivity index (χ1) is 11.1. The second-order valence-corrected chi connectivity index (χ2v) is 7.17. The quantitative estimate of drug-likeness (QED) is 0.386. The van der Waals surface area contributed by atoms with Crippen molar-refractivity contribution in [1.82, 2.24) is 0 Å². The monoisotopic (exact) mass is 378 g/mol. The van der Waals surface area contributed by atoms with Crippen molar-refractivity contribution in [1.29, 1.82) is 0 Å². The van der Waals surface area contributed by atoms with Crippen molar-refractivity contribution >= 4 is 26.7 Å². The van der Waals surface area contributed by atoms with Gasteiger partial charge in [-0.25, -0.2) is 0 Å². The average Bonchev–Trinajstić information content (AvgIpc) is 2.54. The predicted octanol–water partition coefficient (Wildman–Crippen LogP) is 6.13. The molecule has 23 heavy (non-hydrogen) atoms. The number of hydrogen-bond acceptors (Lipinski definition) is 2. The zero-order valence-electron chi connectivity index (χ0n) is 14.4. The summed E-state index contributed by atoms with van der Waals surface area (Å²) in [4.78, 5) is 0. The standard InChI is InChI=1S/C20H27BrO2/c1-15(2)14-23-20-10-7-17-13-18(8-9-19(17)16(20)3)22-12-6-4-5-11-21/h7-10,13,15H,4-6,11-12,14H2,1-3H3. The summed E-state index contributed by atoms with van der Waals surface area (Å²) >= 11 is 3.45. The Balaban J connectivity index is 2.04. The summed E-state index contributed by atoms with van der Waals surface area (Å²) in [6, 6.07) is 10.5. The Morgan fingerprint density at radius 1 is 1.00 bits per heavy atom. The summed E-state index contributed by atoms with van der Waals surface area (Å²) in [5.41, 5.74) is 1.20. The first-order valence-corrected chi connectivity index (χ1v) is 9.59. The molecule has 0 saturated carbocycles. The van der Waals surface area contributed by atoms with Crippen LogP contribution in [0.5, 0.6) is 11.5 Å². The molecule has 0 radical (unpaired) electrons. The third kappa shape index (κ3) is 5.42. The summed E-state index contributed by atoms with van der Waals surface area (Å²) < 4.78 is 11.8. The molecule has 2 nitrogen and oxygen atoms in total. The lowest BCUT2D eigenvalue weighted by Gasteiger charge is -2.14. The highest BCUT2D eigenvalue weighted by molar-refractivity contribution is 9.09. The van der Waals surface area contributed by atoms with Crippen molar-refractivity contribution < 1.29 is 9.47 Å². The maximum Gasteiger partial charge on any atom is 0.122 e. The molecule has 0 atom stereocenters. The molecule has 0 saturated heterocycles. The minimum Gasteiger partial charge on any atom is -0.494 e. The van der Waals surface area contributed by atoms with Gasteiger partial charge in [-0.05, 0) is 66.6 Å². The molecule has 2 rings (SSSR count). The molecule has 0 spiro atoms. The second kappa shape index (κ2) is 9.17. The number of halogens is 1. The molecule has 0 bridgehead atoms. The zero-order chi connectivity index (χ0) is 16.7. The lowest BCUT2D eigenvalue weighted by molar-refractivity contribution is 0.270. The van der Waals surface area contributed by atoms with Crippen LogP contribution in [0.4, 0.5) is 0 Å². The van der Waals surface area contributed by atoms with Gasteiger partial charge in [0.2, 0.25) is 0 Å². The van der Waals surface area contributed by atoms with Gasteiger partial charge in [0.15, 0.2) is 0 Å². The van der Waals surface area contributed by atoms with Gasteiger partial charge in [-0.3, -0.25) is 0 Å². The fourth-order valence-corrected chi connectivity index (χ4v) is 2.91. The Morgan fingerprint density at radius 2 is 1.83 bits per heavy atom. The zero-order valence-corrected chi connectivity index (χ0v) is 16.0. The van der Waals surface area contributed by atoms with E-state index in [1.54, 1.807) is 0 Å². The highest BCUT2D eigenvalue weighted by Crippen LogP contribution is 2.30. The smallest absolute Gasteiger partial charge is 0.122 e. The van der Waals surface area contributed by atoms with E-state index in [0.29, 0.717) is 5.92 Å². The summed E-state index contributed by atoms with van der Waals surface area (Å²) in [6.45, 7) is 7.99. The predicted molar refractivity (Wildman–Crippen MR) is 102 cm³/mol. The van der Waals surface area contributed by atoms with E-state index >= 15 is 0 Å². The molecule has 0 heterocycles. The van der Waals surface area contributed by atoms with Gasteiger partial charge >= 0.3 is 0 Å². The van der Waals surface area contributed by atoms with Gasteiger partial charge in [0.1, 0.15) is 11.5 Å². The van der Waals surface area contributed by atoms with E-state index in [4.69, 9.17) is 9.47 Å². The van der Waals surface area contributed by atoms with Crippen molar-refractivity contribution in [2.75, 3.05) is 18.5 Å². The van der Waals surface area contributed by atoms with Crippen molar-refractivity contribution in [2.24, 2.45) is 5.92 Å². The van der Waals surface area contributed by atoms with E-state index in [1.807, 2.05) is 0 Å². The molecular weight excluding hydrogens is 352 g/mol. The van der Waals surface area contributed by atoms with E-state index in [0.717, 1.165) is 36.5 Å². The first-order valence-electron chi connectivity index (χ1n) is 8.46. The van der Waals surface area contributed by atoms with Crippen LogP contribution in [0.15, 0.2) is 30.3 Å². The number of rotatable bonds is 9. The fraction of sp³-hybridized carbons (Fsp3) is 0.500. The van der Waals surface area contributed by atoms with Gasteiger partial charge in [0, 0.05) is 5.33 Å². The molecule has 0 aliphatic carbocycles. The number of aryl methyl sites for hydroxylation is 1. The molecule has 126 valence electrons. The molecule has 0 unspecified atom stereocenters. The summed E-state index contributed by atoms with van der Waals surface area (Å²) in [7, 11) is 0. The van der Waals surface area contributed by atoms with Crippen molar-refractivity contribution in [3.63, 3.8) is 0 Å². The van der Waals surface area contributed by atoms with Crippen LogP contribution in [0.3, 0.4) is 0 Å². The third-order valence-electron chi connectivity index (χ3n) is 3.83. The number of hydrogen-bond donors (Lipinski definition) is 0. The van der Waals surface area contributed by atoms with Gasteiger partial charge in [-0.15, -0.1) is 0 Å². The molecule has 0 amide bonds. The van der Waals surface area contributed by atoms with Gasteiger partial charge in [-0.2, -0.15) is 0 Å². The van der Waals surface area contributed by atoms with Crippen LogP contribution in [0.2, 0.25) is 0 Å². The van der Waals surface area contributed by atoms with Crippen LogP contribution < -0.4 is 9.47 Å². The van der Waals surface area contributed by atoms with Crippen molar-refractivity contribution in [2.45, 2.75) is 40.0 Å². The Labute approximate surface area is 148 Å². The number of alkyl halides is 1. The lowest BCUT2D eigenvalue weighted by atomic mass is 10.0. The fourth-order valence-electron chi connectivity index (χ4n) is 2.51. The first kappa shape index (κ1) is 18.1. The van der Waals surface area contributed by atoms with Crippen LogP contribution in [-0.4, -0.2) is 18.5 Å². The molecular formula is C20H27BrO2. The topological polar surface area (TPSA) is 18.5 Å². The van der Waals surface area contributed by atoms with E-state index in [2.05, 4.69) is 67.0 Å².